The standard InChI is InChI=1S/C23H32N4O2/c1-25(2)22(20-7-5-4-6-8-20)17-24-23(28)26(3)18-19-9-11-21(12-10-19)27-13-15-29-16-14-27/h4-12,22H,13-18H2,1-3H3,(H,24,28). The minimum absolute atomic E-state index is 0.0648. The Morgan fingerprint density at radius 3 is 2.31 bits per heavy atom. The summed E-state index contributed by atoms with van der Waals surface area (Å²) in [6.45, 7) is 4.55. The summed E-state index contributed by atoms with van der Waals surface area (Å²) in [5, 5.41) is 3.07. The van der Waals surface area contributed by atoms with Crippen molar-refractivity contribution in [3.63, 3.8) is 0 Å². The third-order valence-corrected chi connectivity index (χ3v) is 5.33. The normalized spacial score (nSPS) is 15.2. The molecular formula is C23H32N4O2. The summed E-state index contributed by atoms with van der Waals surface area (Å²) in [6.07, 6.45) is 0. The van der Waals surface area contributed by atoms with Crippen molar-refractivity contribution in [1.82, 2.24) is 15.1 Å². The fourth-order valence-electron chi connectivity index (χ4n) is 3.57. The van der Waals surface area contributed by atoms with Crippen LogP contribution in [0.3, 0.4) is 0 Å². The maximum Gasteiger partial charge on any atom is 0.317 e. The first-order valence-electron chi connectivity index (χ1n) is 10.2. The number of morpholine rings is 1. The van der Waals surface area contributed by atoms with Crippen LogP contribution >= 0.6 is 0 Å². The lowest BCUT2D eigenvalue weighted by atomic mass is 10.1. The van der Waals surface area contributed by atoms with Crippen molar-refractivity contribution in [2.45, 2.75) is 12.6 Å². The minimum atomic E-state index is -0.0648. The molecule has 6 heteroatoms. The van der Waals surface area contributed by atoms with Gasteiger partial charge in [0.15, 0.2) is 0 Å². The van der Waals surface area contributed by atoms with E-state index in [9.17, 15) is 4.79 Å². The van der Waals surface area contributed by atoms with Crippen LogP contribution in [0, 0.1) is 0 Å². The van der Waals surface area contributed by atoms with E-state index >= 15 is 0 Å². The number of hydrogen-bond donors (Lipinski definition) is 1. The monoisotopic (exact) mass is 396 g/mol. The van der Waals surface area contributed by atoms with Crippen LogP contribution in [0.2, 0.25) is 0 Å². The number of hydrogen-bond acceptors (Lipinski definition) is 4. The van der Waals surface area contributed by atoms with Crippen molar-refractivity contribution in [1.29, 1.82) is 0 Å². The molecule has 1 atom stereocenters. The van der Waals surface area contributed by atoms with Gasteiger partial charge in [0.1, 0.15) is 0 Å². The third-order valence-electron chi connectivity index (χ3n) is 5.33. The van der Waals surface area contributed by atoms with E-state index in [1.54, 1.807) is 4.90 Å². The van der Waals surface area contributed by atoms with Gasteiger partial charge in [0.05, 0.1) is 19.3 Å². The molecule has 0 aromatic heterocycles. The van der Waals surface area contributed by atoms with E-state index in [-0.39, 0.29) is 12.1 Å². The van der Waals surface area contributed by atoms with E-state index in [0.717, 1.165) is 31.9 Å². The lowest BCUT2D eigenvalue weighted by Crippen LogP contribution is -2.41. The molecule has 2 aromatic rings. The fraction of sp³-hybridized carbons (Fsp3) is 0.435. The molecule has 6 nitrogen and oxygen atoms in total. The molecule has 2 aromatic carbocycles. The largest absolute Gasteiger partial charge is 0.378 e. The number of carbonyl (C=O) groups excluding carboxylic acids is 1. The first-order chi connectivity index (χ1) is 14.0. The zero-order valence-corrected chi connectivity index (χ0v) is 17.7. The zero-order chi connectivity index (χ0) is 20.6. The number of carbonyl (C=O) groups is 1. The highest BCUT2D eigenvalue weighted by Crippen LogP contribution is 2.18. The van der Waals surface area contributed by atoms with Crippen molar-refractivity contribution in [2.75, 3.05) is 58.9 Å². The molecule has 3 rings (SSSR count). The molecule has 1 aliphatic rings. The summed E-state index contributed by atoms with van der Waals surface area (Å²) in [5.41, 5.74) is 3.52. The minimum Gasteiger partial charge on any atom is -0.378 e. The number of rotatable bonds is 7. The van der Waals surface area contributed by atoms with Crippen molar-refractivity contribution in [2.24, 2.45) is 0 Å². The van der Waals surface area contributed by atoms with Gasteiger partial charge in [-0.3, -0.25) is 0 Å². The van der Waals surface area contributed by atoms with Crippen LogP contribution in [0.25, 0.3) is 0 Å². The number of nitrogens with zero attached hydrogens (tertiary/aromatic N) is 3. The van der Waals surface area contributed by atoms with Crippen molar-refractivity contribution in [3.8, 4) is 0 Å². The smallest absolute Gasteiger partial charge is 0.317 e. The summed E-state index contributed by atoms with van der Waals surface area (Å²) >= 11 is 0. The predicted octanol–water partition coefficient (Wildman–Crippen LogP) is 2.97. The lowest BCUT2D eigenvalue weighted by molar-refractivity contribution is 0.122. The maximum absolute atomic E-state index is 12.6. The molecule has 0 saturated carbocycles. The molecule has 0 bridgehead atoms. The van der Waals surface area contributed by atoms with Crippen molar-refractivity contribution < 1.29 is 9.53 Å². The van der Waals surface area contributed by atoms with Gasteiger partial charge in [0.25, 0.3) is 0 Å². The molecule has 1 saturated heterocycles. The fourth-order valence-corrected chi connectivity index (χ4v) is 3.57. The molecule has 29 heavy (non-hydrogen) atoms. The van der Waals surface area contributed by atoms with Crippen LogP contribution in [-0.2, 0) is 11.3 Å². The Labute approximate surface area is 174 Å². The van der Waals surface area contributed by atoms with Crippen LogP contribution in [0.15, 0.2) is 54.6 Å². The Bertz CT molecular complexity index is 758. The van der Waals surface area contributed by atoms with Crippen LogP contribution in [-0.4, -0.2) is 69.8 Å². The quantitative estimate of drug-likeness (QED) is 0.782. The molecule has 1 unspecified atom stereocenters. The number of ether oxygens (including phenoxy) is 1. The van der Waals surface area contributed by atoms with Crippen LogP contribution in [0.5, 0.6) is 0 Å². The van der Waals surface area contributed by atoms with Gasteiger partial charge in [0, 0.05) is 38.9 Å². The first-order valence-corrected chi connectivity index (χ1v) is 10.2. The van der Waals surface area contributed by atoms with Gasteiger partial charge in [-0.05, 0) is 37.4 Å². The predicted molar refractivity (Wildman–Crippen MR) is 117 cm³/mol. The number of urea groups is 1. The maximum atomic E-state index is 12.6. The molecule has 1 N–H and O–H groups in total. The number of amides is 2. The summed E-state index contributed by atoms with van der Waals surface area (Å²) in [7, 11) is 5.89. The van der Waals surface area contributed by atoms with Gasteiger partial charge in [-0.25, -0.2) is 4.79 Å². The topological polar surface area (TPSA) is 48.1 Å². The second-order valence-electron chi connectivity index (χ2n) is 7.70. The lowest BCUT2D eigenvalue weighted by Gasteiger charge is -2.29. The highest BCUT2D eigenvalue weighted by atomic mass is 16.5. The van der Waals surface area contributed by atoms with Gasteiger partial charge in [0.2, 0.25) is 0 Å². The molecule has 1 fully saturated rings. The van der Waals surface area contributed by atoms with Gasteiger partial charge in [-0.2, -0.15) is 0 Å². The average molecular weight is 397 g/mol. The van der Waals surface area contributed by atoms with E-state index in [1.807, 2.05) is 39.3 Å². The SMILES string of the molecule is CN(Cc1ccc(N2CCOCC2)cc1)C(=O)NCC(c1ccccc1)N(C)C. The summed E-state index contributed by atoms with van der Waals surface area (Å²) < 4.78 is 5.41. The first kappa shape index (κ1) is 21.1. The van der Waals surface area contributed by atoms with Gasteiger partial charge >= 0.3 is 6.03 Å². The summed E-state index contributed by atoms with van der Waals surface area (Å²) in [4.78, 5) is 18.8. The van der Waals surface area contributed by atoms with Crippen LogP contribution in [0.1, 0.15) is 17.2 Å². The molecule has 0 radical (unpaired) electrons. The van der Waals surface area contributed by atoms with E-state index in [0.29, 0.717) is 13.1 Å². The van der Waals surface area contributed by atoms with E-state index in [1.165, 1.54) is 11.3 Å². The molecular weight excluding hydrogens is 364 g/mol. The van der Waals surface area contributed by atoms with Crippen molar-refractivity contribution >= 4 is 11.7 Å². The van der Waals surface area contributed by atoms with Gasteiger partial charge in [-0.15, -0.1) is 0 Å². The number of likely N-dealkylation sites (N-methyl/N-ethyl adjacent to an activating group) is 1. The Morgan fingerprint density at radius 2 is 1.69 bits per heavy atom. The van der Waals surface area contributed by atoms with Crippen LogP contribution < -0.4 is 10.2 Å². The molecule has 0 aliphatic carbocycles. The second kappa shape index (κ2) is 10.3. The second-order valence-corrected chi connectivity index (χ2v) is 7.70. The summed E-state index contributed by atoms with van der Waals surface area (Å²) in [5.74, 6) is 0. The van der Waals surface area contributed by atoms with Gasteiger partial charge in [-0.1, -0.05) is 42.5 Å². The Morgan fingerprint density at radius 1 is 1.03 bits per heavy atom. The number of benzene rings is 2. The molecule has 2 amide bonds. The Kier molecular flexibility index (Phi) is 7.49. The van der Waals surface area contributed by atoms with Crippen molar-refractivity contribution in [3.05, 3.63) is 65.7 Å². The highest BCUT2D eigenvalue weighted by Gasteiger charge is 2.17. The summed E-state index contributed by atoms with van der Waals surface area (Å²) in [6, 6.07) is 18.8. The highest BCUT2D eigenvalue weighted by molar-refractivity contribution is 5.74. The van der Waals surface area contributed by atoms with Gasteiger partial charge < -0.3 is 24.8 Å². The Hall–Kier alpha value is -2.57. The molecule has 0 spiro atoms. The zero-order valence-electron chi connectivity index (χ0n) is 17.7. The van der Waals surface area contributed by atoms with E-state index in [2.05, 4.69) is 51.5 Å². The number of nitrogens with one attached hydrogen (secondary N) is 1. The van der Waals surface area contributed by atoms with E-state index in [4.69, 9.17) is 4.74 Å². The Balaban J connectivity index is 1.52. The van der Waals surface area contributed by atoms with E-state index < -0.39 is 0 Å². The molecule has 1 heterocycles. The number of anilines is 1. The van der Waals surface area contributed by atoms with Crippen LogP contribution in [0.4, 0.5) is 10.5 Å². The molecule has 1 aliphatic heterocycles. The average Bonchev–Trinajstić information content (AvgIpc) is 2.75. The third kappa shape index (κ3) is 5.95. The molecule has 156 valence electrons.